The van der Waals surface area contributed by atoms with Gasteiger partial charge in [0.2, 0.25) is 5.82 Å². The van der Waals surface area contributed by atoms with Crippen LogP contribution in [0.4, 0.5) is 8.78 Å². The maximum absolute atomic E-state index is 13.9. The zero-order valence-electron chi connectivity index (χ0n) is 18.6. The second kappa shape index (κ2) is 9.88. The van der Waals surface area contributed by atoms with Gasteiger partial charge in [0.1, 0.15) is 28.9 Å². The maximum Gasteiger partial charge on any atom is 0.376 e. The molecule has 0 aliphatic rings. The molecule has 0 saturated heterocycles. The predicted octanol–water partition coefficient (Wildman–Crippen LogP) is 4.67. The second-order valence-electron chi connectivity index (χ2n) is 7.28. The molecule has 0 atom stereocenters. The Bertz CT molecular complexity index is 1510. The predicted molar refractivity (Wildman–Crippen MR) is 125 cm³/mol. The minimum absolute atomic E-state index is 0.0440. The molecule has 8 nitrogen and oxygen atoms in total. The lowest BCUT2D eigenvalue weighted by atomic mass is 10.2. The van der Waals surface area contributed by atoms with Crippen molar-refractivity contribution in [3.63, 3.8) is 0 Å². The minimum atomic E-state index is -0.868. The van der Waals surface area contributed by atoms with Gasteiger partial charge in [0.25, 0.3) is 5.56 Å². The van der Waals surface area contributed by atoms with Crippen LogP contribution in [-0.4, -0.2) is 32.6 Å². The Morgan fingerprint density at radius 3 is 2.69 bits per heavy atom. The van der Waals surface area contributed by atoms with Crippen LogP contribution in [0.3, 0.4) is 0 Å². The molecule has 4 aromatic rings. The number of carbonyl (C=O) groups is 1. The van der Waals surface area contributed by atoms with Gasteiger partial charge in [-0.15, -0.1) is 11.3 Å². The van der Waals surface area contributed by atoms with Crippen LogP contribution in [0.5, 0.6) is 5.75 Å². The standard InChI is InChI=1S/C23H17ClF2N4O4S/c1-11-6-18(34-10-16-14(26)7-13(25)9-28-16)20(24)22(31)30(11)17-8-19(35-12(17)2)15-4-5-27-21(29-15)23(32)33-3/h4-9H,10H2,1-3H3. The van der Waals surface area contributed by atoms with E-state index in [2.05, 4.69) is 19.7 Å². The molecule has 0 aromatic carbocycles. The first-order chi connectivity index (χ1) is 16.7. The third-order valence-electron chi connectivity index (χ3n) is 4.96. The first-order valence-corrected chi connectivity index (χ1v) is 11.3. The Labute approximate surface area is 206 Å². The summed E-state index contributed by atoms with van der Waals surface area (Å²) in [5.74, 6) is -2.37. The Hall–Kier alpha value is -3.70. The van der Waals surface area contributed by atoms with Gasteiger partial charge in [-0.3, -0.25) is 14.3 Å². The topological polar surface area (TPSA) is 96.2 Å². The first-order valence-electron chi connectivity index (χ1n) is 10.1. The summed E-state index contributed by atoms with van der Waals surface area (Å²) in [7, 11) is 1.24. The number of methoxy groups -OCH3 is 1. The number of pyridine rings is 2. The van der Waals surface area contributed by atoms with Gasteiger partial charge in [0, 0.05) is 28.9 Å². The molecule has 0 aliphatic carbocycles. The maximum atomic E-state index is 13.9. The summed E-state index contributed by atoms with van der Waals surface area (Å²) in [4.78, 5) is 38.2. The quantitative estimate of drug-likeness (QED) is 0.342. The highest BCUT2D eigenvalue weighted by Crippen LogP contribution is 2.33. The Kier molecular flexibility index (Phi) is 6.90. The molecule has 0 unspecified atom stereocenters. The molecular formula is C23H17ClF2N4O4S. The lowest BCUT2D eigenvalue weighted by Crippen LogP contribution is -2.22. The van der Waals surface area contributed by atoms with Crippen LogP contribution in [0.1, 0.15) is 26.9 Å². The van der Waals surface area contributed by atoms with Crippen LogP contribution in [0.25, 0.3) is 16.3 Å². The van der Waals surface area contributed by atoms with E-state index in [4.69, 9.17) is 16.3 Å². The van der Waals surface area contributed by atoms with Crippen LogP contribution < -0.4 is 10.3 Å². The number of nitrogens with zero attached hydrogens (tertiary/aromatic N) is 4. The number of rotatable bonds is 6. The van der Waals surface area contributed by atoms with Crippen molar-refractivity contribution in [3.05, 3.63) is 85.8 Å². The highest BCUT2D eigenvalue weighted by atomic mass is 35.5. The van der Waals surface area contributed by atoms with Gasteiger partial charge in [-0.25, -0.2) is 23.5 Å². The normalized spacial score (nSPS) is 10.9. The minimum Gasteiger partial charge on any atom is -0.485 e. The van der Waals surface area contributed by atoms with Crippen molar-refractivity contribution in [1.82, 2.24) is 19.5 Å². The molecule has 0 N–H and O–H groups in total. The monoisotopic (exact) mass is 518 g/mol. The fourth-order valence-corrected chi connectivity index (χ4v) is 4.45. The van der Waals surface area contributed by atoms with Gasteiger partial charge < -0.3 is 9.47 Å². The zero-order valence-corrected chi connectivity index (χ0v) is 20.2. The van der Waals surface area contributed by atoms with E-state index in [9.17, 15) is 18.4 Å². The van der Waals surface area contributed by atoms with E-state index in [0.717, 1.165) is 11.1 Å². The van der Waals surface area contributed by atoms with Gasteiger partial charge >= 0.3 is 5.97 Å². The largest absolute Gasteiger partial charge is 0.485 e. The number of thiophene rings is 1. The van der Waals surface area contributed by atoms with Crippen LogP contribution >= 0.6 is 22.9 Å². The Morgan fingerprint density at radius 2 is 1.97 bits per heavy atom. The summed E-state index contributed by atoms with van der Waals surface area (Å²) in [5, 5.41) is -0.208. The van der Waals surface area contributed by atoms with Gasteiger partial charge in [-0.1, -0.05) is 11.6 Å². The number of halogens is 3. The van der Waals surface area contributed by atoms with Crippen molar-refractivity contribution in [2.45, 2.75) is 20.5 Å². The Morgan fingerprint density at radius 1 is 1.20 bits per heavy atom. The summed E-state index contributed by atoms with van der Waals surface area (Å²) < 4.78 is 38.5. The molecule has 4 rings (SSSR count). The fraction of sp³-hybridized carbons (Fsp3) is 0.174. The Balaban J connectivity index is 1.67. The van der Waals surface area contributed by atoms with Crippen molar-refractivity contribution < 1.29 is 23.0 Å². The third kappa shape index (κ3) is 4.91. The number of aromatic nitrogens is 4. The van der Waals surface area contributed by atoms with E-state index in [-0.39, 0.29) is 28.9 Å². The van der Waals surface area contributed by atoms with Crippen LogP contribution in [0.15, 0.2) is 41.5 Å². The van der Waals surface area contributed by atoms with Crippen molar-refractivity contribution in [1.29, 1.82) is 0 Å². The van der Waals surface area contributed by atoms with E-state index in [1.54, 1.807) is 25.1 Å². The van der Waals surface area contributed by atoms with Gasteiger partial charge in [0.15, 0.2) is 5.82 Å². The van der Waals surface area contributed by atoms with Crippen molar-refractivity contribution >= 4 is 28.9 Å². The average Bonchev–Trinajstić information content (AvgIpc) is 3.22. The first kappa shape index (κ1) is 24.4. The van der Waals surface area contributed by atoms with E-state index in [1.165, 1.54) is 29.2 Å². The highest BCUT2D eigenvalue weighted by Gasteiger charge is 2.19. The molecule has 0 radical (unpaired) electrons. The van der Waals surface area contributed by atoms with E-state index in [0.29, 0.717) is 28.0 Å². The summed E-state index contributed by atoms with van der Waals surface area (Å²) >= 11 is 7.67. The number of hydrogen-bond acceptors (Lipinski definition) is 8. The third-order valence-corrected chi connectivity index (χ3v) is 6.37. The number of aryl methyl sites for hydroxylation is 2. The average molecular weight is 519 g/mol. The molecule has 0 saturated carbocycles. The number of hydrogen-bond donors (Lipinski definition) is 0. The van der Waals surface area contributed by atoms with Crippen LogP contribution in [0.2, 0.25) is 5.02 Å². The van der Waals surface area contributed by atoms with Gasteiger partial charge in [-0.2, -0.15) is 0 Å². The molecular weight excluding hydrogens is 502 g/mol. The highest BCUT2D eigenvalue weighted by molar-refractivity contribution is 7.15. The van der Waals surface area contributed by atoms with Gasteiger partial charge in [0.05, 0.1) is 29.6 Å². The van der Waals surface area contributed by atoms with Crippen molar-refractivity contribution in [2.75, 3.05) is 7.11 Å². The van der Waals surface area contributed by atoms with E-state index >= 15 is 0 Å². The molecule has 4 aromatic heterocycles. The molecule has 0 spiro atoms. The SMILES string of the molecule is COC(=O)c1nccc(-c2cc(-n3c(C)cc(OCc4ncc(F)cc4F)c(Cl)c3=O)c(C)s2)n1. The molecule has 0 fully saturated rings. The van der Waals surface area contributed by atoms with Crippen molar-refractivity contribution in [2.24, 2.45) is 0 Å². The lowest BCUT2D eigenvalue weighted by molar-refractivity contribution is 0.0587. The summed E-state index contributed by atoms with van der Waals surface area (Å²) in [5.41, 5.74) is 0.904. The molecule has 180 valence electrons. The number of carbonyl (C=O) groups excluding carboxylic acids is 1. The number of esters is 1. The smallest absolute Gasteiger partial charge is 0.376 e. The molecule has 0 amide bonds. The molecule has 12 heteroatoms. The lowest BCUT2D eigenvalue weighted by Gasteiger charge is -2.14. The second-order valence-corrected chi connectivity index (χ2v) is 8.92. The summed E-state index contributed by atoms with van der Waals surface area (Å²) in [6.07, 6.45) is 2.32. The van der Waals surface area contributed by atoms with E-state index in [1.807, 2.05) is 6.92 Å². The zero-order chi connectivity index (χ0) is 25.3. The van der Waals surface area contributed by atoms with Crippen LogP contribution in [-0.2, 0) is 11.3 Å². The van der Waals surface area contributed by atoms with Gasteiger partial charge in [-0.05, 0) is 26.0 Å². The molecule has 0 aliphatic heterocycles. The molecule has 0 bridgehead atoms. The summed E-state index contributed by atoms with van der Waals surface area (Å²) in [6, 6.07) is 5.64. The molecule has 4 heterocycles. The van der Waals surface area contributed by atoms with E-state index < -0.39 is 23.2 Å². The van der Waals surface area contributed by atoms with Crippen LogP contribution in [0, 0.1) is 25.5 Å². The fourth-order valence-electron chi connectivity index (χ4n) is 3.29. The van der Waals surface area contributed by atoms with Crippen molar-refractivity contribution in [3.8, 4) is 22.0 Å². The summed E-state index contributed by atoms with van der Waals surface area (Å²) in [6.45, 7) is 3.18. The molecule has 35 heavy (non-hydrogen) atoms. The number of ether oxygens (including phenoxy) is 2.